The summed E-state index contributed by atoms with van der Waals surface area (Å²) in [5.41, 5.74) is 2.54. The second-order valence-corrected chi connectivity index (χ2v) is 24.3. The quantitative estimate of drug-likeness (QED) is 0.0289. The number of ether oxygens (including phenoxy) is 8. The molecule has 0 saturated carbocycles. The van der Waals surface area contributed by atoms with E-state index < -0.39 is 93.8 Å². The molecule has 6 aromatic rings. The predicted molar refractivity (Wildman–Crippen MR) is 366 cm³/mol. The molecule has 12 atom stereocenters. The van der Waals surface area contributed by atoms with Crippen LogP contribution in [0.4, 0.5) is 0 Å². The highest BCUT2D eigenvalue weighted by Gasteiger charge is 2.50. The molecule has 12 nitrogen and oxygen atoms in total. The Bertz CT molecular complexity index is 3000. The Balaban J connectivity index is 1.15. The molecule has 1 fully saturated rings. The molecule has 6 aromatic carbocycles. The molecule has 0 aromatic heterocycles. The molecular weight excluding hydrogens is 1150 g/mol. The van der Waals surface area contributed by atoms with Crippen LogP contribution in [0.3, 0.4) is 0 Å². The molecule has 7 rings (SSSR count). The number of hydrogen-bond donors (Lipinski definition) is 1. The summed E-state index contributed by atoms with van der Waals surface area (Å²) >= 11 is 0. The Morgan fingerprint density at radius 2 is 0.793 bits per heavy atom. The highest BCUT2D eigenvalue weighted by molar-refractivity contribution is 5.90. The number of benzene rings is 6. The molecule has 498 valence electrons. The van der Waals surface area contributed by atoms with Crippen molar-refractivity contribution in [2.75, 3.05) is 13.2 Å². The van der Waals surface area contributed by atoms with E-state index in [1.165, 1.54) is 103 Å². The van der Waals surface area contributed by atoms with Gasteiger partial charge in [-0.1, -0.05) is 306 Å². The number of hydrogen-bond acceptors (Lipinski definition) is 11. The number of esters is 2. The van der Waals surface area contributed by atoms with Gasteiger partial charge in [0.05, 0.1) is 62.2 Å². The topological polar surface area (TPSA) is 137 Å². The van der Waals surface area contributed by atoms with Gasteiger partial charge in [0.2, 0.25) is 5.91 Å². The molecule has 1 N–H and O–H groups in total. The van der Waals surface area contributed by atoms with E-state index in [1.54, 1.807) is 146 Å². The third-order valence-corrected chi connectivity index (χ3v) is 16.8. The third kappa shape index (κ3) is 28.0. The highest BCUT2D eigenvalue weighted by atomic mass is 16.7. The van der Waals surface area contributed by atoms with E-state index in [1.807, 2.05) is 43.3 Å². The molecule has 5 unspecified atom stereocenters. The Labute approximate surface area is 556 Å². The zero-order valence-electron chi connectivity index (χ0n) is 58.8. The van der Waals surface area contributed by atoms with Crippen molar-refractivity contribution >= 4 is 17.8 Å². The lowest BCUT2D eigenvalue weighted by Crippen LogP contribution is -2.62. The molecule has 1 saturated heterocycles. The molecule has 0 spiro atoms. The summed E-state index contributed by atoms with van der Waals surface area (Å²) in [7, 11) is 0. The van der Waals surface area contributed by atoms with Crippen molar-refractivity contribution in [2.24, 2.45) is 0 Å². The zero-order valence-corrected chi connectivity index (χ0v) is 54.8. The minimum atomic E-state index is -1.54. The maximum atomic E-state index is 14.7. The maximum Gasteiger partial charge on any atom is 0.338 e. The summed E-state index contributed by atoms with van der Waals surface area (Å²) in [6, 6.07) is 51.5. The number of unbranched alkanes of at least 4 members (excludes halogenated alkanes) is 21. The molecule has 1 heterocycles. The Morgan fingerprint density at radius 1 is 0.424 bits per heavy atom. The van der Waals surface area contributed by atoms with Gasteiger partial charge in [0.15, 0.2) is 12.4 Å². The normalized spacial score (nSPS) is 19.3. The smallest absolute Gasteiger partial charge is 0.338 e. The summed E-state index contributed by atoms with van der Waals surface area (Å²) in [5, 5.41) is 3.19. The van der Waals surface area contributed by atoms with Crippen molar-refractivity contribution in [3.8, 4) is 0 Å². The van der Waals surface area contributed by atoms with Gasteiger partial charge >= 0.3 is 11.9 Å². The van der Waals surface area contributed by atoms with Crippen molar-refractivity contribution < 1.29 is 57.8 Å². The minimum Gasteiger partial charge on any atom is -0.455 e. The Kier molecular flexibility index (Phi) is 32.7. The molecule has 1 amide bonds. The molecule has 1 aliphatic heterocycles. The van der Waals surface area contributed by atoms with E-state index in [4.69, 9.17) is 39.3 Å². The van der Waals surface area contributed by atoms with E-state index in [0.29, 0.717) is 41.5 Å². The van der Waals surface area contributed by atoms with Crippen LogP contribution in [0, 0.1) is 0 Å². The van der Waals surface area contributed by atoms with Gasteiger partial charge in [0.1, 0.15) is 30.5 Å². The van der Waals surface area contributed by atoms with Crippen LogP contribution in [0.25, 0.3) is 0 Å². The molecule has 12 heteroatoms. The largest absolute Gasteiger partial charge is 0.455 e. The van der Waals surface area contributed by atoms with Crippen LogP contribution in [0.15, 0.2) is 182 Å². The number of amides is 1. The average molecular weight is 1260 g/mol. The van der Waals surface area contributed by atoms with E-state index in [9.17, 15) is 18.5 Å². The van der Waals surface area contributed by atoms with Gasteiger partial charge in [0.25, 0.3) is 0 Å². The summed E-state index contributed by atoms with van der Waals surface area (Å²) in [6.45, 7) is -1.81. The average Bonchev–Trinajstić information content (AvgIpc) is 0.781. The summed E-state index contributed by atoms with van der Waals surface area (Å²) in [5.74, 6) is -1.72. The van der Waals surface area contributed by atoms with E-state index in [2.05, 4.69) is 12.2 Å². The van der Waals surface area contributed by atoms with Crippen LogP contribution in [-0.4, -0.2) is 80.0 Å². The van der Waals surface area contributed by atoms with Crippen molar-refractivity contribution in [3.63, 3.8) is 0 Å². The number of carbonyl (C=O) groups excluding carboxylic acids is 3. The first-order valence-corrected chi connectivity index (χ1v) is 34.6. The standard InChI is InChI=1S/C80H107NO11/c1-3-5-7-8-9-10-11-12-13-14-15-16-17-18-19-20-21-22-23-24-43-57-73(82)81-70(74(92-79(84)69-54-41-30-42-55-69)71(56-6-4-2)90-78(83)68-52-39-29-40-53-68)62-89-80-77(88-61-67-50-37-28-38-51-67)76(87-60-66-48-35-27-36-49-66)75(86-59-65-46-33-26-34-47-65)72(91-80)63-85-58-64-44-31-25-32-45-64/h25-42,44-55,70-72,74-77,80H,3-24,43,56-63H2,1-2H3,(H,81,82)/t70-,71+,72+,74-,75-,76-,77+,80?/m0/s1/i58D,59D,60D,61D/t58?,59?,60?,61?,70-,71+,72+,74-,75-,76-,77+,80?. The van der Waals surface area contributed by atoms with Crippen molar-refractivity contribution in [1.29, 1.82) is 0 Å². The number of carbonyl (C=O) groups is 3. The third-order valence-electron chi connectivity index (χ3n) is 16.8. The predicted octanol–water partition coefficient (Wildman–Crippen LogP) is 18.4. The minimum absolute atomic E-state index is 0.145. The van der Waals surface area contributed by atoms with Gasteiger partial charge in [-0.25, -0.2) is 9.59 Å². The molecular formula is C80H107NO11. The summed E-state index contributed by atoms with van der Waals surface area (Å²) in [4.78, 5) is 43.5. The van der Waals surface area contributed by atoms with Crippen molar-refractivity contribution in [3.05, 3.63) is 215 Å². The van der Waals surface area contributed by atoms with Crippen LogP contribution in [0.2, 0.25) is 0 Å². The SMILES string of the molecule is [2H]C(OC[C@H]1OC(OC[C@H](NC(=O)CCCCCCCCCCCCCCCCCCCCCCC)[C@H](OC(=O)c2ccccc2)[C@@H](CCCC)OC(=O)c2ccccc2)[C@H](OC([2H])c2ccccc2)[C@@H](OC([2H])c2ccccc2)[C@H]1OC([2H])c1ccccc1)c1ccccc1. The Morgan fingerprint density at radius 3 is 1.23 bits per heavy atom. The van der Waals surface area contributed by atoms with Gasteiger partial charge in [-0.3, -0.25) is 4.79 Å². The van der Waals surface area contributed by atoms with Gasteiger partial charge < -0.3 is 43.2 Å². The van der Waals surface area contributed by atoms with Crippen LogP contribution in [0.1, 0.15) is 223 Å². The summed E-state index contributed by atoms with van der Waals surface area (Å²) < 4.78 is 91.4. The molecule has 0 bridgehead atoms. The first-order valence-electron chi connectivity index (χ1n) is 36.9. The molecule has 0 aliphatic carbocycles. The van der Waals surface area contributed by atoms with Crippen LogP contribution < -0.4 is 5.32 Å². The first kappa shape index (κ1) is 66.9. The molecule has 0 radical (unpaired) electrons. The first-order chi connectivity index (χ1) is 47.0. The fraction of sp³-hybridized carbons (Fsp3) is 0.512. The lowest BCUT2D eigenvalue weighted by atomic mass is 9.97. The van der Waals surface area contributed by atoms with Gasteiger partial charge in [0, 0.05) is 6.42 Å². The van der Waals surface area contributed by atoms with E-state index >= 15 is 0 Å². The zero-order chi connectivity index (χ0) is 67.8. The monoisotopic (exact) mass is 1260 g/mol. The van der Waals surface area contributed by atoms with Crippen molar-refractivity contribution in [1.82, 2.24) is 5.32 Å². The Hall–Kier alpha value is -6.51. The van der Waals surface area contributed by atoms with E-state index in [0.717, 1.165) is 25.7 Å². The maximum absolute atomic E-state index is 14.7. The fourth-order valence-electron chi connectivity index (χ4n) is 11.5. The summed E-state index contributed by atoms with van der Waals surface area (Å²) in [6.07, 6.45) is 18.4. The van der Waals surface area contributed by atoms with Gasteiger partial charge in [-0.15, -0.1) is 0 Å². The van der Waals surface area contributed by atoms with Crippen LogP contribution in [-0.2, 0) is 69.0 Å². The fourth-order valence-corrected chi connectivity index (χ4v) is 11.5. The molecule has 1 aliphatic rings. The molecule has 92 heavy (non-hydrogen) atoms. The lowest BCUT2D eigenvalue weighted by Gasteiger charge is -2.46. The highest BCUT2D eigenvalue weighted by Crippen LogP contribution is 2.33. The van der Waals surface area contributed by atoms with Gasteiger partial charge in [-0.05, 0) is 65.8 Å². The van der Waals surface area contributed by atoms with E-state index in [-0.39, 0.29) is 36.5 Å². The van der Waals surface area contributed by atoms with Crippen molar-refractivity contribution in [2.45, 2.75) is 250 Å². The second-order valence-electron chi connectivity index (χ2n) is 24.3. The van der Waals surface area contributed by atoms with Crippen LogP contribution in [0.5, 0.6) is 0 Å². The number of rotatable bonds is 48. The van der Waals surface area contributed by atoms with Gasteiger partial charge in [-0.2, -0.15) is 0 Å². The number of nitrogens with one attached hydrogen (secondary N) is 1. The lowest BCUT2D eigenvalue weighted by molar-refractivity contribution is -0.329. The van der Waals surface area contributed by atoms with Crippen LogP contribution >= 0.6 is 0 Å². The second kappa shape index (κ2) is 44.9.